The molecule has 1 aliphatic heterocycles. The van der Waals surface area contributed by atoms with Crippen LogP contribution in [0.2, 0.25) is 0 Å². The van der Waals surface area contributed by atoms with Gasteiger partial charge in [0, 0.05) is 19.0 Å². The standard InChI is InChI=1S/C15H21NO2/c1-4-18-15(17)14-9-16-8-13(14)12-6-10(2)5-11(3)7-12/h5-7,13-14,16H,4,8-9H2,1-3H3/t13-,14+/m0/s1. The second-order valence-corrected chi connectivity index (χ2v) is 5.04. The van der Waals surface area contributed by atoms with Gasteiger partial charge in [-0.2, -0.15) is 0 Å². The first-order chi connectivity index (χ1) is 8.61. The summed E-state index contributed by atoms with van der Waals surface area (Å²) in [6.07, 6.45) is 0. The first kappa shape index (κ1) is 13.1. The number of carbonyl (C=O) groups is 1. The van der Waals surface area contributed by atoms with Crippen LogP contribution in [0.15, 0.2) is 18.2 Å². The van der Waals surface area contributed by atoms with Crippen LogP contribution in [0.25, 0.3) is 0 Å². The highest BCUT2D eigenvalue weighted by Crippen LogP contribution is 2.30. The molecule has 3 heteroatoms. The molecule has 0 aromatic heterocycles. The van der Waals surface area contributed by atoms with Crippen LogP contribution < -0.4 is 5.32 Å². The number of carbonyl (C=O) groups excluding carboxylic acids is 1. The molecule has 98 valence electrons. The molecule has 1 aliphatic rings. The number of hydrogen-bond acceptors (Lipinski definition) is 3. The third kappa shape index (κ3) is 2.72. The van der Waals surface area contributed by atoms with Gasteiger partial charge in [0.2, 0.25) is 0 Å². The number of ether oxygens (including phenoxy) is 1. The maximum Gasteiger partial charge on any atom is 0.310 e. The lowest BCUT2D eigenvalue weighted by Gasteiger charge is -2.18. The SMILES string of the molecule is CCOC(=O)[C@@H]1CNC[C@H]1c1cc(C)cc(C)c1. The van der Waals surface area contributed by atoms with Gasteiger partial charge in [-0.25, -0.2) is 0 Å². The van der Waals surface area contributed by atoms with E-state index in [4.69, 9.17) is 4.74 Å². The summed E-state index contributed by atoms with van der Waals surface area (Å²) in [5.74, 6) is 0.112. The number of nitrogens with one attached hydrogen (secondary N) is 1. The number of esters is 1. The van der Waals surface area contributed by atoms with Gasteiger partial charge < -0.3 is 10.1 Å². The molecule has 0 spiro atoms. The molecule has 0 amide bonds. The lowest BCUT2D eigenvalue weighted by atomic mass is 9.87. The Balaban J connectivity index is 2.23. The monoisotopic (exact) mass is 247 g/mol. The van der Waals surface area contributed by atoms with Crippen LogP contribution in [0.5, 0.6) is 0 Å². The van der Waals surface area contributed by atoms with Crippen LogP contribution >= 0.6 is 0 Å². The predicted octanol–water partition coefficient (Wildman–Crippen LogP) is 2.17. The normalized spacial score (nSPS) is 23.1. The maximum atomic E-state index is 11.9. The number of rotatable bonds is 3. The van der Waals surface area contributed by atoms with Gasteiger partial charge in [0.15, 0.2) is 0 Å². The summed E-state index contributed by atoms with van der Waals surface area (Å²) in [4.78, 5) is 11.9. The number of hydrogen-bond donors (Lipinski definition) is 1. The summed E-state index contributed by atoms with van der Waals surface area (Å²) in [7, 11) is 0. The van der Waals surface area contributed by atoms with Crippen molar-refractivity contribution in [2.45, 2.75) is 26.7 Å². The average molecular weight is 247 g/mol. The summed E-state index contributed by atoms with van der Waals surface area (Å²) in [5.41, 5.74) is 3.74. The van der Waals surface area contributed by atoms with Crippen molar-refractivity contribution in [1.29, 1.82) is 0 Å². The first-order valence-electron chi connectivity index (χ1n) is 6.57. The lowest BCUT2D eigenvalue weighted by molar-refractivity contribution is -0.147. The molecule has 0 saturated carbocycles. The Morgan fingerprint density at radius 2 is 1.94 bits per heavy atom. The molecule has 1 aromatic rings. The Labute approximate surface area is 109 Å². The minimum absolute atomic E-state index is 0.0499. The smallest absolute Gasteiger partial charge is 0.310 e. The third-order valence-corrected chi connectivity index (χ3v) is 3.48. The minimum Gasteiger partial charge on any atom is -0.466 e. The van der Waals surface area contributed by atoms with Crippen molar-refractivity contribution in [1.82, 2.24) is 5.32 Å². The zero-order chi connectivity index (χ0) is 13.1. The minimum atomic E-state index is -0.0772. The molecule has 0 aliphatic carbocycles. The van der Waals surface area contributed by atoms with Gasteiger partial charge in [-0.1, -0.05) is 29.3 Å². The Morgan fingerprint density at radius 3 is 2.56 bits per heavy atom. The second kappa shape index (κ2) is 5.53. The van der Waals surface area contributed by atoms with Gasteiger partial charge in [0.25, 0.3) is 0 Å². The van der Waals surface area contributed by atoms with Crippen molar-refractivity contribution >= 4 is 5.97 Å². The largest absolute Gasteiger partial charge is 0.466 e. The zero-order valence-electron chi connectivity index (χ0n) is 11.3. The molecular formula is C15H21NO2. The second-order valence-electron chi connectivity index (χ2n) is 5.04. The Bertz CT molecular complexity index is 422. The molecule has 18 heavy (non-hydrogen) atoms. The Hall–Kier alpha value is -1.35. The zero-order valence-corrected chi connectivity index (χ0v) is 11.3. The summed E-state index contributed by atoms with van der Waals surface area (Å²) in [6.45, 7) is 8.07. The van der Waals surface area contributed by atoms with Gasteiger partial charge >= 0.3 is 5.97 Å². The van der Waals surface area contributed by atoms with E-state index < -0.39 is 0 Å². The molecule has 0 bridgehead atoms. The van der Waals surface area contributed by atoms with Crippen LogP contribution in [0, 0.1) is 19.8 Å². The fourth-order valence-electron chi connectivity index (χ4n) is 2.75. The van der Waals surface area contributed by atoms with Crippen molar-refractivity contribution < 1.29 is 9.53 Å². The van der Waals surface area contributed by atoms with Crippen LogP contribution in [-0.4, -0.2) is 25.7 Å². The van der Waals surface area contributed by atoms with E-state index in [1.807, 2.05) is 6.92 Å². The fourth-order valence-corrected chi connectivity index (χ4v) is 2.75. The van der Waals surface area contributed by atoms with Crippen molar-refractivity contribution in [3.63, 3.8) is 0 Å². The van der Waals surface area contributed by atoms with Crippen molar-refractivity contribution in [2.24, 2.45) is 5.92 Å². The maximum absolute atomic E-state index is 11.9. The first-order valence-corrected chi connectivity index (χ1v) is 6.57. The highest BCUT2D eigenvalue weighted by molar-refractivity contribution is 5.74. The lowest BCUT2D eigenvalue weighted by Crippen LogP contribution is -2.24. The number of aryl methyl sites for hydroxylation is 2. The van der Waals surface area contributed by atoms with E-state index in [0.717, 1.165) is 13.1 Å². The third-order valence-electron chi connectivity index (χ3n) is 3.48. The molecule has 0 unspecified atom stereocenters. The van der Waals surface area contributed by atoms with Gasteiger partial charge in [-0.15, -0.1) is 0 Å². The molecule has 1 heterocycles. The summed E-state index contributed by atoms with van der Waals surface area (Å²) < 4.78 is 5.16. The predicted molar refractivity (Wildman–Crippen MR) is 71.6 cm³/mol. The van der Waals surface area contributed by atoms with E-state index in [0.29, 0.717) is 6.61 Å². The van der Waals surface area contributed by atoms with Crippen LogP contribution in [-0.2, 0) is 9.53 Å². The van der Waals surface area contributed by atoms with E-state index in [2.05, 4.69) is 37.4 Å². The van der Waals surface area contributed by atoms with Gasteiger partial charge in [-0.05, 0) is 26.3 Å². The quantitative estimate of drug-likeness (QED) is 0.832. The Kier molecular flexibility index (Phi) is 4.02. The molecule has 3 nitrogen and oxygen atoms in total. The molecule has 1 saturated heterocycles. The topological polar surface area (TPSA) is 38.3 Å². The molecule has 1 N–H and O–H groups in total. The molecule has 0 radical (unpaired) electrons. The highest BCUT2D eigenvalue weighted by atomic mass is 16.5. The highest BCUT2D eigenvalue weighted by Gasteiger charge is 2.35. The molecule has 1 aromatic carbocycles. The Morgan fingerprint density at radius 1 is 1.28 bits per heavy atom. The van der Waals surface area contributed by atoms with Gasteiger partial charge in [0.1, 0.15) is 0 Å². The fraction of sp³-hybridized carbons (Fsp3) is 0.533. The summed E-state index contributed by atoms with van der Waals surface area (Å²) >= 11 is 0. The van der Waals surface area contributed by atoms with Crippen molar-refractivity contribution in [3.8, 4) is 0 Å². The van der Waals surface area contributed by atoms with Crippen molar-refractivity contribution in [3.05, 3.63) is 34.9 Å². The molecule has 1 fully saturated rings. The van der Waals surface area contributed by atoms with Gasteiger partial charge in [-0.3, -0.25) is 4.79 Å². The number of benzene rings is 1. The van der Waals surface area contributed by atoms with Crippen LogP contribution in [0.1, 0.15) is 29.5 Å². The molecule has 2 rings (SSSR count). The average Bonchev–Trinajstić information content (AvgIpc) is 2.76. The van der Waals surface area contributed by atoms with E-state index >= 15 is 0 Å². The van der Waals surface area contributed by atoms with E-state index in [9.17, 15) is 4.79 Å². The van der Waals surface area contributed by atoms with E-state index in [1.54, 1.807) is 0 Å². The summed E-state index contributed by atoms with van der Waals surface area (Å²) in [6, 6.07) is 6.51. The van der Waals surface area contributed by atoms with Gasteiger partial charge in [0.05, 0.1) is 12.5 Å². The van der Waals surface area contributed by atoms with E-state index in [-0.39, 0.29) is 17.8 Å². The molecule has 2 atom stereocenters. The van der Waals surface area contributed by atoms with Crippen molar-refractivity contribution in [2.75, 3.05) is 19.7 Å². The molecular weight excluding hydrogens is 226 g/mol. The summed E-state index contributed by atoms with van der Waals surface area (Å²) in [5, 5.41) is 3.30. The van der Waals surface area contributed by atoms with Crippen LogP contribution in [0.3, 0.4) is 0 Å². The van der Waals surface area contributed by atoms with Crippen LogP contribution in [0.4, 0.5) is 0 Å². The van der Waals surface area contributed by atoms with E-state index in [1.165, 1.54) is 16.7 Å².